The van der Waals surface area contributed by atoms with Gasteiger partial charge in [-0.05, 0) is 37.6 Å². The summed E-state index contributed by atoms with van der Waals surface area (Å²) in [6, 6.07) is 10.1. The van der Waals surface area contributed by atoms with Gasteiger partial charge in [0.15, 0.2) is 11.5 Å². The second-order valence-electron chi connectivity index (χ2n) is 4.82. The van der Waals surface area contributed by atoms with Gasteiger partial charge in [0.1, 0.15) is 5.82 Å². The van der Waals surface area contributed by atoms with Crippen molar-refractivity contribution in [3.63, 3.8) is 0 Å². The fraction of sp³-hybridized carbons (Fsp3) is 0.250. The number of ketones is 1. The van der Waals surface area contributed by atoms with Crippen molar-refractivity contribution in [2.45, 2.75) is 20.3 Å². The topological polar surface area (TPSA) is 84.0 Å². The molecule has 6 heteroatoms. The van der Waals surface area contributed by atoms with E-state index in [1.54, 1.807) is 36.4 Å². The van der Waals surface area contributed by atoms with E-state index in [4.69, 9.17) is 0 Å². The van der Waals surface area contributed by atoms with Crippen molar-refractivity contribution in [3.05, 3.63) is 47.7 Å². The summed E-state index contributed by atoms with van der Waals surface area (Å²) in [7, 11) is 0. The molecule has 1 heterocycles. The van der Waals surface area contributed by atoms with E-state index < -0.39 is 0 Å². The van der Waals surface area contributed by atoms with E-state index in [2.05, 4.69) is 27.8 Å². The van der Waals surface area contributed by atoms with Crippen LogP contribution in [0, 0.1) is 0 Å². The van der Waals surface area contributed by atoms with Crippen molar-refractivity contribution >= 4 is 23.2 Å². The summed E-state index contributed by atoms with van der Waals surface area (Å²) in [6.45, 7) is 4.34. The number of aromatic nitrogens is 2. The second-order valence-corrected chi connectivity index (χ2v) is 4.82. The average molecular weight is 298 g/mol. The van der Waals surface area contributed by atoms with Gasteiger partial charge in [0.2, 0.25) is 0 Å². The summed E-state index contributed by atoms with van der Waals surface area (Å²) in [5.74, 6) is 0.217. The molecule has 0 aliphatic heterocycles. The molecule has 0 spiro atoms. The van der Waals surface area contributed by atoms with Crippen LogP contribution in [0.4, 0.5) is 11.5 Å². The highest BCUT2D eigenvalue weighted by atomic mass is 16.2. The Labute approximate surface area is 129 Å². The van der Waals surface area contributed by atoms with Gasteiger partial charge in [0.05, 0.1) is 0 Å². The number of carbonyl (C=O) groups is 2. The van der Waals surface area contributed by atoms with Crippen LogP contribution in [0.2, 0.25) is 0 Å². The summed E-state index contributed by atoms with van der Waals surface area (Å²) < 4.78 is 0. The lowest BCUT2D eigenvalue weighted by Gasteiger charge is -2.06. The predicted octanol–water partition coefficient (Wildman–Crippen LogP) is 2.75. The van der Waals surface area contributed by atoms with E-state index in [0.29, 0.717) is 17.1 Å². The highest BCUT2D eigenvalue weighted by molar-refractivity contribution is 6.03. The third-order valence-corrected chi connectivity index (χ3v) is 2.98. The average Bonchev–Trinajstić information content (AvgIpc) is 2.53. The van der Waals surface area contributed by atoms with Crippen LogP contribution >= 0.6 is 0 Å². The number of nitrogens with zero attached hydrogens (tertiary/aromatic N) is 2. The Morgan fingerprint density at radius 3 is 2.59 bits per heavy atom. The maximum atomic E-state index is 12.1. The Morgan fingerprint density at radius 1 is 1.14 bits per heavy atom. The van der Waals surface area contributed by atoms with Gasteiger partial charge < -0.3 is 10.6 Å². The fourth-order valence-corrected chi connectivity index (χ4v) is 1.81. The minimum absolute atomic E-state index is 0.0535. The number of Topliss-reactive ketones (excluding diaryl/α,β-unsaturated/α-hetero) is 1. The molecule has 6 nitrogen and oxygen atoms in total. The maximum Gasteiger partial charge on any atom is 0.276 e. The lowest BCUT2D eigenvalue weighted by atomic mass is 10.1. The van der Waals surface area contributed by atoms with Crippen LogP contribution < -0.4 is 10.6 Å². The molecule has 2 aromatic rings. The van der Waals surface area contributed by atoms with E-state index in [0.717, 1.165) is 13.0 Å². The van der Waals surface area contributed by atoms with Crippen LogP contribution in [0.1, 0.15) is 41.1 Å². The first-order valence-corrected chi connectivity index (χ1v) is 7.10. The lowest BCUT2D eigenvalue weighted by molar-refractivity contribution is 0.100. The normalized spacial score (nSPS) is 10.1. The molecule has 1 aromatic carbocycles. The molecule has 1 amide bonds. The highest BCUT2D eigenvalue weighted by Crippen LogP contribution is 2.12. The summed E-state index contributed by atoms with van der Waals surface area (Å²) in [5.41, 5.74) is 1.31. The Kier molecular flexibility index (Phi) is 5.19. The first-order valence-electron chi connectivity index (χ1n) is 7.10. The van der Waals surface area contributed by atoms with E-state index in [1.807, 2.05) is 0 Å². The zero-order valence-corrected chi connectivity index (χ0v) is 12.6. The number of hydrogen-bond donors (Lipinski definition) is 2. The molecule has 0 saturated carbocycles. The van der Waals surface area contributed by atoms with Crippen LogP contribution in [-0.2, 0) is 0 Å². The monoisotopic (exact) mass is 298 g/mol. The number of anilines is 2. The molecule has 0 atom stereocenters. The quantitative estimate of drug-likeness (QED) is 0.801. The van der Waals surface area contributed by atoms with Gasteiger partial charge in [-0.3, -0.25) is 9.59 Å². The predicted molar refractivity (Wildman–Crippen MR) is 85.2 cm³/mol. The Bertz CT molecular complexity index is 668. The van der Waals surface area contributed by atoms with Gasteiger partial charge in [-0.2, -0.15) is 0 Å². The van der Waals surface area contributed by atoms with Crippen LogP contribution in [0.25, 0.3) is 0 Å². The number of hydrogen-bond acceptors (Lipinski definition) is 5. The van der Waals surface area contributed by atoms with Crippen molar-refractivity contribution < 1.29 is 9.59 Å². The van der Waals surface area contributed by atoms with Gasteiger partial charge in [-0.1, -0.05) is 19.1 Å². The largest absolute Gasteiger partial charge is 0.369 e. The zero-order valence-electron chi connectivity index (χ0n) is 12.6. The number of amides is 1. The Balaban J connectivity index is 2.05. The number of nitrogens with one attached hydrogen (secondary N) is 2. The first kappa shape index (κ1) is 15.6. The van der Waals surface area contributed by atoms with Gasteiger partial charge in [-0.25, -0.2) is 0 Å². The van der Waals surface area contributed by atoms with E-state index in [9.17, 15) is 9.59 Å². The summed E-state index contributed by atoms with van der Waals surface area (Å²) in [5, 5.41) is 13.6. The second kappa shape index (κ2) is 7.31. The Hall–Kier alpha value is -2.76. The molecule has 2 N–H and O–H groups in total. The molecule has 0 saturated heterocycles. The lowest BCUT2D eigenvalue weighted by Crippen LogP contribution is -2.15. The van der Waals surface area contributed by atoms with Crippen LogP contribution in [0.3, 0.4) is 0 Å². The third kappa shape index (κ3) is 4.12. The zero-order chi connectivity index (χ0) is 15.9. The van der Waals surface area contributed by atoms with Crippen molar-refractivity contribution in [3.8, 4) is 0 Å². The molecule has 0 fully saturated rings. The van der Waals surface area contributed by atoms with E-state index in [1.165, 1.54) is 6.92 Å². The van der Waals surface area contributed by atoms with Gasteiger partial charge >= 0.3 is 0 Å². The molecule has 2 rings (SSSR count). The van der Waals surface area contributed by atoms with Gasteiger partial charge in [-0.15, -0.1) is 10.2 Å². The highest BCUT2D eigenvalue weighted by Gasteiger charge is 2.09. The van der Waals surface area contributed by atoms with E-state index in [-0.39, 0.29) is 17.4 Å². The number of benzene rings is 1. The molecule has 114 valence electrons. The van der Waals surface area contributed by atoms with Gasteiger partial charge in [0, 0.05) is 17.8 Å². The molecule has 0 radical (unpaired) electrons. The van der Waals surface area contributed by atoms with Crippen LogP contribution in [0.15, 0.2) is 36.4 Å². The van der Waals surface area contributed by atoms with Crippen molar-refractivity contribution in [2.75, 3.05) is 17.2 Å². The smallest absolute Gasteiger partial charge is 0.276 e. The number of carbonyl (C=O) groups excluding carboxylic acids is 2. The molecular formula is C16H18N4O2. The maximum absolute atomic E-state index is 12.1. The minimum Gasteiger partial charge on any atom is -0.369 e. The third-order valence-electron chi connectivity index (χ3n) is 2.98. The SMILES string of the molecule is CCCNc1ccc(C(=O)Nc2cccc(C(C)=O)c2)nn1. The summed E-state index contributed by atoms with van der Waals surface area (Å²) in [4.78, 5) is 23.4. The van der Waals surface area contributed by atoms with Crippen molar-refractivity contribution in [1.29, 1.82) is 0 Å². The first-order chi connectivity index (χ1) is 10.6. The standard InChI is InChI=1S/C16H18N4O2/c1-3-9-17-15-8-7-14(19-20-15)16(22)18-13-6-4-5-12(10-13)11(2)21/h4-8,10H,3,9H2,1-2H3,(H,17,20)(H,18,22). The van der Waals surface area contributed by atoms with Crippen LogP contribution in [0.5, 0.6) is 0 Å². The number of rotatable bonds is 6. The summed E-state index contributed by atoms with van der Waals surface area (Å²) >= 11 is 0. The molecule has 22 heavy (non-hydrogen) atoms. The minimum atomic E-state index is -0.366. The molecule has 0 aliphatic carbocycles. The molecular weight excluding hydrogens is 280 g/mol. The molecule has 0 aliphatic rings. The molecule has 1 aromatic heterocycles. The Morgan fingerprint density at radius 2 is 1.95 bits per heavy atom. The van der Waals surface area contributed by atoms with Crippen LogP contribution in [-0.4, -0.2) is 28.4 Å². The van der Waals surface area contributed by atoms with E-state index >= 15 is 0 Å². The van der Waals surface area contributed by atoms with Crippen molar-refractivity contribution in [1.82, 2.24) is 10.2 Å². The fourth-order valence-electron chi connectivity index (χ4n) is 1.81. The van der Waals surface area contributed by atoms with Gasteiger partial charge in [0.25, 0.3) is 5.91 Å². The molecule has 0 bridgehead atoms. The summed E-state index contributed by atoms with van der Waals surface area (Å²) in [6.07, 6.45) is 0.983. The molecule has 0 unspecified atom stereocenters. The van der Waals surface area contributed by atoms with Crippen molar-refractivity contribution in [2.24, 2.45) is 0 Å².